The Bertz CT molecular complexity index is 1080. The van der Waals surface area contributed by atoms with Crippen molar-refractivity contribution in [2.24, 2.45) is 5.92 Å². The number of ether oxygens (including phenoxy) is 1. The summed E-state index contributed by atoms with van der Waals surface area (Å²) in [4.78, 5) is 19.8. The van der Waals surface area contributed by atoms with Gasteiger partial charge in [0.1, 0.15) is 0 Å². The number of aliphatic hydroxyl groups excluding tert-OH is 1. The Morgan fingerprint density at radius 3 is 2.70 bits per heavy atom. The largest absolute Gasteiger partial charge is 0.394 e. The lowest BCUT2D eigenvalue weighted by atomic mass is 9.81. The van der Waals surface area contributed by atoms with Gasteiger partial charge in [0.15, 0.2) is 0 Å². The van der Waals surface area contributed by atoms with E-state index >= 15 is 0 Å². The minimum Gasteiger partial charge on any atom is -0.394 e. The highest BCUT2D eigenvalue weighted by molar-refractivity contribution is 5.80. The predicted molar refractivity (Wildman–Crippen MR) is 126 cm³/mol. The Kier molecular flexibility index (Phi) is 6.07. The maximum absolute atomic E-state index is 13.4. The summed E-state index contributed by atoms with van der Waals surface area (Å²) in [6.07, 6.45) is 0.878. The van der Waals surface area contributed by atoms with Gasteiger partial charge in [-0.1, -0.05) is 18.2 Å². The van der Waals surface area contributed by atoms with Crippen molar-refractivity contribution in [3.8, 4) is 17.2 Å². The number of nitriles is 1. The lowest BCUT2D eigenvalue weighted by Crippen LogP contribution is -2.50. The number of rotatable bonds is 4. The van der Waals surface area contributed by atoms with Crippen molar-refractivity contribution in [2.45, 2.75) is 18.5 Å². The molecule has 0 aromatic heterocycles. The van der Waals surface area contributed by atoms with Crippen LogP contribution in [-0.4, -0.2) is 79.9 Å². The average molecular weight is 447 g/mol. The number of nitrogens with zero attached hydrogens (tertiary/aromatic N) is 4. The topological polar surface area (TPSA) is 80.0 Å². The number of likely N-dealkylation sites (N-methyl/N-ethyl adjacent to an activating group) is 1. The highest BCUT2D eigenvalue weighted by atomic mass is 16.5. The second kappa shape index (κ2) is 9.14. The van der Waals surface area contributed by atoms with Gasteiger partial charge in [-0.05, 0) is 47.4 Å². The summed E-state index contributed by atoms with van der Waals surface area (Å²) < 4.78 is 5.43. The molecule has 7 heteroatoms. The Morgan fingerprint density at radius 2 is 1.94 bits per heavy atom. The summed E-state index contributed by atoms with van der Waals surface area (Å²) in [5, 5.41) is 19.5. The minimum atomic E-state index is -0.0546. The number of fused-ring (bicyclic) bond motifs is 3. The molecule has 172 valence electrons. The Balaban J connectivity index is 1.51. The number of aliphatic hydroxyl groups is 1. The highest BCUT2D eigenvalue weighted by Gasteiger charge is 2.47. The van der Waals surface area contributed by atoms with Gasteiger partial charge in [0.2, 0.25) is 5.91 Å². The van der Waals surface area contributed by atoms with E-state index in [1.54, 1.807) is 6.07 Å². The molecular formula is C26H30N4O3. The van der Waals surface area contributed by atoms with Crippen molar-refractivity contribution < 1.29 is 14.6 Å². The molecular weight excluding hydrogens is 416 g/mol. The summed E-state index contributed by atoms with van der Waals surface area (Å²) >= 11 is 0. The van der Waals surface area contributed by atoms with Crippen molar-refractivity contribution in [1.82, 2.24) is 9.80 Å². The SMILES string of the molecule is CN1c2ccc(-c3cccc(C#N)c3)cc2[C@H]2[C@H](CCN2C(=O)CN2CCOCC2)[C@@H]1CO. The Hall–Kier alpha value is -2.92. The Morgan fingerprint density at radius 1 is 1.15 bits per heavy atom. The third-order valence-corrected chi connectivity index (χ3v) is 7.46. The van der Waals surface area contributed by atoms with Crippen molar-refractivity contribution in [2.75, 3.05) is 57.9 Å². The van der Waals surface area contributed by atoms with E-state index in [1.165, 1.54) is 0 Å². The van der Waals surface area contributed by atoms with Gasteiger partial charge in [0.25, 0.3) is 0 Å². The molecule has 33 heavy (non-hydrogen) atoms. The summed E-state index contributed by atoms with van der Waals surface area (Å²) in [7, 11) is 2.03. The number of carbonyl (C=O) groups is 1. The van der Waals surface area contributed by atoms with E-state index in [-0.39, 0.29) is 30.5 Å². The lowest BCUT2D eigenvalue weighted by molar-refractivity contribution is -0.135. The molecule has 2 fully saturated rings. The molecule has 0 unspecified atom stereocenters. The number of carbonyl (C=O) groups excluding carboxylic acids is 1. The minimum absolute atomic E-state index is 0.0172. The number of likely N-dealkylation sites (tertiary alicyclic amines) is 1. The molecule has 0 bridgehead atoms. The van der Waals surface area contributed by atoms with Crippen LogP contribution in [0.15, 0.2) is 42.5 Å². The van der Waals surface area contributed by atoms with Crippen LogP contribution in [-0.2, 0) is 9.53 Å². The fourth-order valence-corrected chi connectivity index (χ4v) is 5.72. The van der Waals surface area contributed by atoms with Gasteiger partial charge in [-0.25, -0.2) is 0 Å². The van der Waals surface area contributed by atoms with Crippen LogP contribution >= 0.6 is 0 Å². The van der Waals surface area contributed by atoms with Crippen LogP contribution in [0.25, 0.3) is 11.1 Å². The lowest BCUT2D eigenvalue weighted by Gasteiger charge is -2.45. The number of hydrogen-bond donors (Lipinski definition) is 1. The number of anilines is 1. The van der Waals surface area contributed by atoms with E-state index in [2.05, 4.69) is 34.1 Å². The van der Waals surface area contributed by atoms with Crippen LogP contribution in [0.2, 0.25) is 0 Å². The van der Waals surface area contributed by atoms with Crippen LogP contribution in [0.5, 0.6) is 0 Å². The van der Waals surface area contributed by atoms with E-state index < -0.39 is 0 Å². The number of benzene rings is 2. The number of morpholine rings is 1. The van der Waals surface area contributed by atoms with Gasteiger partial charge in [0, 0.05) is 38.3 Å². The molecule has 2 saturated heterocycles. The van der Waals surface area contributed by atoms with Crippen LogP contribution in [0.4, 0.5) is 5.69 Å². The molecule has 7 nitrogen and oxygen atoms in total. The van der Waals surface area contributed by atoms with Gasteiger partial charge in [-0.2, -0.15) is 5.26 Å². The molecule has 3 aliphatic rings. The van der Waals surface area contributed by atoms with Gasteiger partial charge < -0.3 is 19.6 Å². The van der Waals surface area contributed by atoms with Gasteiger partial charge in [0.05, 0.1) is 50.1 Å². The smallest absolute Gasteiger partial charge is 0.237 e. The molecule has 3 aliphatic heterocycles. The molecule has 1 amide bonds. The van der Waals surface area contributed by atoms with Gasteiger partial charge >= 0.3 is 0 Å². The molecule has 2 aromatic rings. The van der Waals surface area contributed by atoms with Gasteiger partial charge in [-0.15, -0.1) is 0 Å². The molecule has 0 aliphatic carbocycles. The summed E-state index contributed by atoms with van der Waals surface area (Å²) in [6.45, 7) is 4.09. The van der Waals surface area contributed by atoms with Crippen LogP contribution in [0.1, 0.15) is 23.6 Å². The maximum Gasteiger partial charge on any atom is 0.237 e. The molecule has 3 atom stereocenters. The van der Waals surface area contributed by atoms with Gasteiger partial charge in [-0.3, -0.25) is 9.69 Å². The Labute approximate surface area is 194 Å². The third kappa shape index (κ3) is 3.99. The zero-order chi connectivity index (χ0) is 22.9. The first-order valence-corrected chi connectivity index (χ1v) is 11.7. The normalized spacial score (nSPS) is 24.8. The molecule has 3 heterocycles. The molecule has 2 aromatic carbocycles. The predicted octanol–water partition coefficient (Wildman–Crippen LogP) is 2.26. The fraction of sp³-hybridized carbons (Fsp3) is 0.462. The molecule has 0 radical (unpaired) electrons. The molecule has 1 N–H and O–H groups in total. The first kappa shape index (κ1) is 21.9. The molecule has 0 spiro atoms. The number of amides is 1. The summed E-state index contributed by atoms with van der Waals surface area (Å²) in [6, 6.07) is 16.1. The zero-order valence-electron chi connectivity index (χ0n) is 19.0. The summed E-state index contributed by atoms with van der Waals surface area (Å²) in [5.74, 6) is 0.329. The van der Waals surface area contributed by atoms with E-state index in [4.69, 9.17) is 4.74 Å². The van der Waals surface area contributed by atoms with E-state index in [0.717, 1.165) is 41.9 Å². The number of hydrogen-bond acceptors (Lipinski definition) is 6. The highest BCUT2D eigenvalue weighted by Crippen LogP contribution is 2.49. The molecule has 5 rings (SSSR count). The molecule has 0 saturated carbocycles. The maximum atomic E-state index is 13.4. The van der Waals surface area contributed by atoms with E-state index in [1.807, 2.05) is 30.1 Å². The van der Waals surface area contributed by atoms with Crippen molar-refractivity contribution in [1.29, 1.82) is 5.26 Å². The van der Waals surface area contributed by atoms with E-state index in [0.29, 0.717) is 31.9 Å². The van der Waals surface area contributed by atoms with Crippen LogP contribution in [0, 0.1) is 17.2 Å². The fourth-order valence-electron chi connectivity index (χ4n) is 5.72. The second-order valence-corrected chi connectivity index (χ2v) is 9.20. The summed E-state index contributed by atoms with van der Waals surface area (Å²) in [5.41, 5.74) is 4.84. The first-order valence-electron chi connectivity index (χ1n) is 11.7. The quantitative estimate of drug-likeness (QED) is 0.776. The van der Waals surface area contributed by atoms with Crippen LogP contribution in [0.3, 0.4) is 0 Å². The standard InChI is InChI=1S/C26H30N4O3/c1-28-23-6-5-20(19-4-2-3-18(13-19)15-27)14-22(23)26-21(24(28)17-31)7-8-30(26)25(32)16-29-9-11-33-12-10-29/h2-6,13-14,21,24,26,31H,7-12,16-17H2,1H3/t21-,24+,26-/m1/s1. The van der Waals surface area contributed by atoms with E-state index in [9.17, 15) is 15.2 Å². The first-order chi connectivity index (χ1) is 16.1. The average Bonchev–Trinajstić information content (AvgIpc) is 3.30. The third-order valence-electron chi connectivity index (χ3n) is 7.46. The zero-order valence-corrected chi connectivity index (χ0v) is 19.0. The van der Waals surface area contributed by atoms with Crippen molar-refractivity contribution in [3.63, 3.8) is 0 Å². The van der Waals surface area contributed by atoms with Crippen molar-refractivity contribution in [3.05, 3.63) is 53.6 Å². The van der Waals surface area contributed by atoms with Crippen LogP contribution < -0.4 is 4.90 Å². The second-order valence-electron chi connectivity index (χ2n) is 9.20. The van der Waals surface area contributed by atoms with Crippen molar-refractivity contribution >= 4 is 11.6 Å². The monoisotopic (exact) mass is 446 g/mol.